The molecule has 16 heteroatoms. The van der Waals surface area contributed by atoms with Gasteiger partial charge in [-0.15, -0.1) is 0 Å². The fourth-order valence-electron chi connectivity index (χ4n) is 11.3. The molecule has 15 nitrogen and oxygen atoms in total. The number of hydrogen-bond acceptors (Lipinski definition) is 13. The van der Waals surface area contributed by atoms with Crippen LogP contribution in [0.2, 0.25) is 0 Å². The summed E-state index contributed by atoms with van der Waals surface area (Å²) < 4.78 is 13.8. The van der Waals surface area contributed by atoms with Crippen LogP contribution in [0.15, 0.2) is 95.4 Å². The number of ether oxygens (including phenoxy) is 1. The number of thiazole rings is 1. The van der Waals surface area contributed by atoms with E-state index in [9.17, 15) is 24.3 Å². The fraction of sp³-hybridized carbons (Fsp3) is 0.386. The predicted molar refractivity (Wildman–Crippen MR) is 283 cm³/mol. The predicted octanol–water partition coefficient (Wildman–Crippen LogP) is 10.0. The van der Waals surface area contributed by atoms with Gasteiger partial charge in [0.15, 0.2) is 16.4 Å². The van der Waals surface area contributed by atoms with Crippen molar-refractivity contribution in [1.82, 2.24) is 25.2 Å². The minimum absolute atomic E-state index is 0.0213. The Morgan fingerprint density at radius 3 is 2.48 bits per heavy atom. The van der Waals surface area contributed by atoms with Gasteiger partial charge in [0.25, 0.3) is 11.9 Å². The number of carboxylic acids is 1. The second-order valence-electron chi connectivity index (χ2n) is 20.3. The van der Waals surface area contributed by atoms with Gasteiger partial charge < -0.3 is 24.1 Å². The van der Waals surface area contributed by atoms with Gasteiger partial charge in [-0.2, -0.15) is 4.98 Å². The van der Waals surface area contributed by atoms with Crippen molar-refractivity contribution < 1.29 is 33.4 Å². The normalized spacial score (nSPS) is 19.9. The molecule has 4 aliphatic rings. The van der Waals surface area contributed by atoms with E-state index in [2.05, 4.69) is 32.3 Å². The molecule has 1 unspecified atom stereocenters. The van der Waals surface area contributed by atoms with E-state index in [1.54, 1.807) is 0 Å². The van der Waals surface area contributed by atoms with Gasteiger partial charge in [0.05, 0.1) is 22.2 Å². The third-order valence-electron chi connectivity index (χ3n) is 15.4. The number of imide groups is 1. The molecule has 73 heavy (non-hydrogen) atoms. The highest BCUT2D eigenvalue weighted by Crippen LogP contribution is 2.38. The van der Waals surface area contributed by atoms with Gasteiger partial charge >= 0.3 is 5.97 Å². The van der Waals surface area contributed by atoms with E-state index in [-0.39, 0.29) is 35.4 Å². The SMILES string of the molecule is Cc1c(OC2CCC(CC[C@H](C)CN3CCN(c4nc5cc(C6CCC(=O)NC6=O)ccc5o4)CC3)CC2)cccc1-c1ccc(N2CCc3cccc(C(=O)Nc4nc5ccccc5s4)c3C2)nc1C(=O)O. The number of hydrogen-bond donors (Lipinski definition) is 3. The monoisotopic (exact) mass is 1000 g/mol. The minimum Gasteiger partial charge on any atom is -0.490 e. The third kappa shape index (κ3) is 10.4. The number of anilines is 3. The van der Waals surface area contributed by atoms with Crippen molar-refractivity contribution in [2.45, 2.75) is 90.2 Å². The lowest BCUT2D eigenvalue weighted by Gasteiger charge is -2.35. The van der Waals surface area contributed by atoms with Crippen molar-refractivity contribution in [2.24, 2.45) is 11.8 Å². The number of pyridine rings is 1. The smallest absolute Gasteiger partial charge is 0.355 e. The Bertz CT molecular complexity index is 3190. The molecule has 3 aromatic heterocycles. The van der Waals surface area contributed by atoms with Crippen LogP contribution in [-0.2, 0) is 22.6 Å². The summed E-state index contributed by atoms with van der Waals surface area (Å²) in [4.78, 5) is 71.6. The summed E-state index contributed by atoms with van der Waals surface area (Å²) in [7, 11) is 0. The van der Waals surface area contributed by atoms with Gasteiger partial charge in [0.2, 0.25) is 11.8 Å². The topological polar surface area (TPSA) is 183 Å². The number of nitrogens with zero attached hydrogens (tertiary/aromatic N) is 6. The number of piperazine rings is 1. The number of benzene rings is 4. The Morgan fingerprint density at radius 1 is 0.849 bits per heavy atom. The van der Waals surface area contributed by atoms with Crippen LogP contribution in [0.5, 0.6) is 5.75 Å². The van der Waals surface area contributed by atoms with Gasteiger partial charge in [-0.3, -0.25) is 29.9 Å². The van der Waals surface area contributed by atoms with Crippen molar-refractivity contribution in [3.8, 4) is 16.9 Å². The molecule has 11 rings (SSSR count). The summed E-state index contributed by atoms with van der Waals surface area (Å²) >= 11 is 1.44. The lowest BCUT2D eigenvalue weighted by atomic mass is 9.83. The minimum atomic E-state index is -1.10. The number of aromatic nitrogens is 3. The molecule has 0 radical (unpaired) electrons. The molecule has 3 N–H and O–H groups in total. The number of rotatable bonds is 14. The molecule has 0 bridgehead atoms. The van der Waals surface area contributed by atoms with Crippen molar-refractivity contribution in [1.29, 1.82) is 0 Å². The van der Waals surface area contributed by atoms with Gasteiger partial charge in [-0.25, -0.2) is 14.8 Å². The second kappa shape index (κ2) is 20.7. The van der Waals surface area contributed by atoms with E-state index in [4.69, 9.17) is 19.1 Å². The molecule has 4 aromatic carbocycles. The number of oxazole rings is 1. The van der Waals surface area contributed by atoms with E-state index < -0.39 is 5.97 Å². The maximum atomic E-state index is 13.7. The Morgan fingerprint density at radius 2 is 1.67 bits per heavy atom. The summed E-state index contributed by atoms with van der Waals surface area (Å²) in [5, 5.41) is 16.5. The highest BCUT2D eigenvalue weighted by molar-refractivity contribution is 7.22. The summed E-state index contributed by atoms with van der Waals surface area (Å²) in [6.07, 6.45) is 8.24. The zero-order chi connectivity index (χ0) is 50.2. The Labute approximate surface area is 428 Å². The van der Waals surface area contributed by atoms with Crippen LogP contribution < -0.4 is 25.2 Å². The molecular formula is C57H60N8O7S. The number of amides is 3. The molecule has 3 aliphatic heterocycles. The number of nitrogens with one attached hydrogen (secondary N) is 2. The molecule has 3 amide bonds. The molecule has 0 spiro atoms. The summed E-state index contributed by atoms with van der Waals surface area (Å²) in [6.45, 7) is 10.0. The van der Waals surface area contributed by atoms with Gasteiger partial charge in [0, 0.05) is 63.4 Å². The van der Waals surface area contributed by atoms with E-state index in [0.29, 0.717) is 77.9 Å². The van der Waals surface area contributed by atoms with Crippen molar-refractivity contribution in [3.05, 3.63) is 125 Å². The van der Waals surface area contributed by atoms with Gasteiger partial charge in [-0.05, 0) is 140 Å². The summed E-state index contributed by atoms with van der Waals surface area (Å²) in [5.41, 5.74) is 7.86. The molecule has 1 saturated carbocycles. The molecule has 376 valence electrons. The van der Waals surface area contributed by atoms with Crippen LogP contribution in [0.3, 0.4) is 0 Å². The first kappa shape index (κ1) is 48.1. The molecule has 2 atom stereocenters. The molecule has 3 fully saturated rings. The van der Waals surface area contributed by atoms with Crippen LogP contribution in [0.4, 0.5) is 17.0 Å². The number of aromatic carboxylic acids is 1. The van der Waals surface area contributed by atoms with Crippen LogP contribution in [0.1, 0.15) is 107 Å². The Balaban J connectivity index is 0.655. The highest BCUT2D eigenvalue weighted by atomic mass is 32.1. The van der Waals surface area contributed by atoms with Crippen LogP contribution in [0, 0.1) is 18.8 Å². The Hall–Kier alpha value is -7.17. The lowest BCUT2D eigenvalue weighted by molar-refractivity contribution is -0.134. The standard InChI is InChI=1S/C57H60N8O7S/c1-34(32-63-27-29-64(30-28-63)57-59-46-31-38(17-22-48(46)72-57)41-21-24-51(66)61-53(41)67)13-14-36-15-18-39(19-16-36)71-47-11-6-8-40(35(47)2)42-20-23-50(60-52(42)55(69)70)65-26-25-37-7-5-9-43(44(37)33-65)54(68)62-56-58-45-10-3-4-12-49(45)73-56/h3-12,17,20,22-23,31,34,36,39,41H,13-16,18-19,21,24-30,32-33H2,1-2H3,(H,69,70)(H,58,62,68)(H,61,66,67)/t34-,36?,39?,41?/m0/s1. The third-order valence-corrected chi connectivity index (χ3v) is 16.4. The average Bonchev–Trinajstić information content (AvgIpc) is 4.02. The Kier molecular flexibility index (Phi) is 13.7. The molecule has 6 heterocycles. The number of piperidine rings is 1. The van der Waals surface area contributed by atoms with Crippen LogP contribution in [-0.4, -0.2) is 94.0 Å². The van der Waals surface area contributed by atoms with Gasteiger partial charge in [0.1, 0.15) is 17.1 Å². The first-order valence-electron chi connectivity index (χ1n) is 25.7. The van der Waals surface area contributed by atoms with Crippen LogP contribution in [0.25, 0.3) is 32.4 Å². The fourth-order valence-corrected chi connectivity index (χ4v) is 12.2. The molecule has 1 aliphatic carbocycles. The summed E-state index contributed by atoms with van der Waals surface area (Å²) in [6, 6.07) is 29.5. The second-order valence-corrected chi connectivity index (χ2v) is 21.3. The van der Waals surface area contributed by atoms with Crippen LogP contribution >= 0.6 is 11.3 Å². The first-order valence-corrected chi connectivity index (χ1v) is 26.6. The maximum Gasteiger partial charge on any atom is 0.355 e. The van der Waals surface area contributed by atoms with Gasteiger partial charge in [-0.1, -0.05) is 67.1 Å². The lowest BCUT2D eigenvalue weighted by Crippen LogP contribution is -2.47. The van der Waals surface area contributed by atoms with Crippen molar-refractivity contribution in [3.63, 3.8) is 0 Å². The zero-order valence-electron chi connectivity index (χ0n) is 41.3. The average molecular weight is 1000 g/mol. The number of fused-ring (bicyclic) bond motifs is 3. The largest absolute Gasteiger partial charge is 0.490 e. The van der Waals surface area contributed by atoms with E-state index in [1.807, 2.05) is 103 Å². The van der Waals surface area contributed by atoms with E-state index in [1.165, 1.54) is 24.2 Å². The molecule has 7 aromatic rings. The highest BCUT2D eigenvalue weighted by Gasteiger charge is 2.31. The van der Waals surface area contributed by atoms with Crippen molar-refractivity contribution >= 4 is 73.3 Å². The number of carboxylic acid groups (broad SMARTS) is 1. The zero-order valence-corrected chi connectivity index (χ0v) is 42.1. The van der Waals surface area contributed by atoms with E-state index in [0.717, 1.165) is 108 Å². The quantitative estimate of drug-likeness (QED) is 0.0876. The molecule has 2 saturated heterocycles. The van der Waals surface area contributed by atoms with E-state index >= 15 is 0 Å². The number of para-hydroxylation sites is 1. The molecular weight excluding hydrogens is 941 g/mol. The summed E-state index contributed by atoms with van der Waals surface area (Å²) in [5.74, 6) is 0.423. The number of carbonyl (C=O) groups is 4. The number of carbonyl (C=O) groups excluding carboxylic acids is 3. The first-order chi connectivity index (χ1) is 35.5. The maximum absolute atomic E-state index is 13.7. The van der Waals surface area contributed by atoms with Crippen molar-refractivity contribution in [2.75, 3.05) is 54.4 Å².